The molecule has 0 aromatic carbocycles. The third-order valence-corrected chi connectivity index (χ3v) is 2.95. The number of furan rings is 1. The van der Waals surface area contributed by atoms with Crippen LogP contribution in [0, 0.1) is 0 Å². The van der Waals surface area contributed by atoms with Crippen molar-refractivity contribution in [2.24, 2.45) is 0 Å². The SMILES string of the molecule is CC(C)c1coc2c1C=CC=CC2(C)C. The zero-order valence-corrected chi connectivity index (χ0v) is 9.87. The van der Waals surface area contributed by atoms with Gasteiger partial charge in [0.2, 0.25) is 0 Å². The molecule has 15 heavy (non-hydrogen) atoms. The third-order valence-electron chi connectivity index (χ3n) is 2.95. The fourth-order valence-corrected chi connectivity index (χ4v) is 2.02. The van der Waals surface area contributed by atoms with Crippen molar-refractivity contribution in [1.29, 1.82) is 0 Å². The highest BCUT2D eigenvalue weighted by molar-refractivity contribution is 5.61. The fourth-order valence-electron chi connectivity index (χ4n) is 2.02. The monoisotopic (exact) mass is 202 g/mol. The van der Waals surface area contributed by atoms with E-state index in [-0.39, 0.29) is 5.41 Å². The lowest BCUT2D eigenvalue weighted by molar-refractivity contribution is 0.436. The molecule has 0 N–H and O–H groups in total. The van der Waals surface area contributed by atoms with Gasteiger partial charge in [-0.15, -0.1) is 0 Å². The van der Waals surface area contributed by atoms with Crippen molar-refractivity contribution in [3.8, 4) is 0 Å². The Kier molecular flexibility index (Phi) is 2.34. The summed E-state index contributed by atoms with van der Waals surface area (Å²) in [5.41, 5.74) is 2.56. The number of rotatable bonds is 1. The van der Waals surface area contributed by atoms with Gasteiger partial charge in [-0.3, -0.25) is 0 Å². The Hall–Kier alpha value is -1.24. The molecule has 0 atom stereocenters. The lowest BCUT2D eigenvalue weighted by Crippen LogP contribution is -2.13. The molecule has 0 amide bonds. The highest BCUT2D eigenvalue weighted by Gasteiger charge is 2.27. The minimum absolute atomic E-state index is 0.00796. The van der Waals surface area contributed by atoms with E-state index >= 15 is 0 Å². The summed E-state index contributed by atoms with van der Waals surface area (Å²) in [4.78, 5) is 0. The van der Waals surface area contributed by atoms with Crippen LogP contribution in [0.25, 0.3) is 6.08 Å². The number of fused-ring (bicyclic) bond motifs is 1. The van der Waals surface area contributed by atoms with Crippen molar-refractivity contribution >= 4 is 6.08 Å². The summed E-state index contributed by atoms with van der Waals surface area (Å²) < 4.78 is 5.74. The zero-order chi connectivity index (χ0) is 11.1. The van der Waals surface area contributed by atoms with Gasteiger partial charge in [0.15, 0.2) is 0 Å². The number of hydrogen-bond donors (Lipinski definition) is 0. The predicted octanol–water partition coefficient (Wildman–Crippen LogP) is 4.26. The quantitative estimate of drug-likeness (QED) is 0.663. The second kappa shape index (κ2) is 3.41. The van der Waals surface area contributed by atoms with Gasteiger partial charge in [0.05, 0.1) is 6.26 Å². The van der Waals surface area contributed by atoms with E-state index in [9.17, 15) is 0 Å². The first-order chi connectivity index (χ1) is 7.02. The summed E-state index contributed by atoms with van der Waals surface area (Å²) in [6.45, 7) is 8.76. The average Bonchev–Trinajstić information content (AvgIpc) is 2.51. The van der Waals surface area contributed by atoms with Crippen molar-refractivity contribution < 1.29 is 4.42 Å². The molecule has 0 aliphatic heterocycles. The molecular weight excluding hydrogens is 184 g/mol. The second-order valence-corrected chi connectivity index (χ2v) is 5.03. The molecule has 80 valence electrons. The van der Waals surface area contributed by atoms with Gasteiger partial charge in [0.1, 0.15) is 5.76 Å². The maximum absolute atomic E-state index is 5.74. The van der Waals surface area contributed by atoms with E-state index in [1.54, 1.807) is 0 Å². The molecule has 1 aliphatic rings. The van der Waals surface area contributed by atoms with Crippen molar-refractivity contribution in [2.75, 3.05) is 0 Å². The van der Waals surface area contributed by atoms with Gasteiger partial charge in [-0.2, -0.15) is 0 Å². The summed E-state index contributed by atoms with van der Waals surface area (Å²) in [5.74, 6) is 1.59. The summed E-state index contributed by atoms with van der Waals surface area (Å²) in [7, 11) is 0. The first-order valence-electron chi connectivity index (χ1n) is 5.50. The summed E-state index contributed by atoms with van der Waals surface area (Å²) in [6.07, 6.45) is 10.4. The molecule has 0 unspecified atom stereocenters. The Morgan fingerprint density at radius 1 is 1.20 bits per heavy atom. The Labute approximate surface area is 91.5 Å². The standard InChI is InChI=1S/C14H18O/c1-10(2)12-9-15-13-11(12)7-5-6-8-14(13,3)4/h5-10H,1-4H3. The summed E-state index contributed by atoms with van der Waals surface area (Å²) >= 11 is 0. The minimum Gasteiger partial charge on any atom is -0.467 e. The normalized spacial score (nSPS) is 17.9. The smallest absolute Gasteiger partial charge is 0.120 e. The van der Waals surface area contributed by atoms with Crippen molar-refractivity contribution in [2.45, 2.75) is 39.0 Å². The van der Waals surface area contributed by atoms with E-state index in [0.29, 0.717) is 5.92 Å². The third kappa shape index (κ3) is 1.67. The molecule has 1 nitrogen and oxygen atoms in total. The molecule has 1 aromatic rings. The van der Waals surface area contributed by atoms with Crippen LogP contribution < -0.4 is 0 Å². The van der Waals surface area contributed by atoms with Crippen LogP contribution in [0.2, 0.25) is 0 Å². The Balaban J connectivity index is 2.60. The van der Waals surface area contributed by atoms with Gasteiger partial charge in [-0.25, -0.2) is 0 Å². The number of allylic oxidation sites excluding steroid dienone is 3. The van der Waals surface area contributed by atoms with Gasteiger partial charge in [-0.1, -0.05) is 38.2 Å². The van der Waals surface area contributed by atoms with Crippen molar-refractivity contribution in [3.63, 3.8) is 0 Å². The van der Waals surface area contributed by atoms with Crippen LogP contribution in [0.1, 0.15) is 50.5 Å². The van der Waals surface area contributed by atoms with Crippen LogP contribution >= 0.6 is 0 Å². The maximum atomic E-state index is 5.74. The first kappa shape index (κ1) is 10.3. The second-order valence-electron chi connectivity index (χ2n) is 5.03. The molecule has 0 spiro atoms. The highest BCUT2D eigenvalue weighted by Crippen LogP contribution is 2.36. The molecule has 1 heteroatoms. The Bertz CT molecular complexity index is 417. The summed E-state index contributed by atoms with van der Waals surface area (Å²) in [5, 5.41) is 0. The molecule has 0 bridgehead atoms. The molecule has 2 rings (SSSR count). The average molecular weight is 202 g/mol. The zero-order valence-electron chi connectivity index (χ0n) is 9.87. The molecule has 1 aromatic heterocycles. The van der Waals surface area contributed by atoms with Crippen LogP contribution in [0.5, 0.6) is 0 Å². The van der Waals surface area contributed by atoms with E-state index in [4.69, 9.17) is 4.42 Å². The Morgan fingerprint density at radius 3 is 2.60 bits per heavy atom. The van der Waals surface area contributed by atoms with Gasteiger partial charge in [-0.05, 0) is 19.8 Å². The fraction of sp³-hybridized carbons (Fsp3) is 0.429. The van der Waals surface area contributed by atoms with E-state index in [1.165, 1.54) is 11.1 Å². The topological polar surface area (TPSA) is 13.1 Å². The van der Waals surface area contributed by atoms with E-state index in [1.807, 2.05) is 6.26 Å². The van der Waals surface area contributed by atoms with Crippen LogP contribution in [0.3, 0.4) is 0 Å². The molecule has 0 radical (unpaired) electrons. The van der Waals surface area contributed by atoms with Crippen molar-refractivity contribution in [1.82, 2.24) is 0 Å². The van der Waals surface area contributed by atoms with E-state index < -0.39 is 0 Å². The van der Waals surface area contributed by atoms with Crippen LogP contribution in [0.4, 0.5) is 0 Å². The molecule has 1 heterocycles. The summed E-state index contributed by atoms with van der Waals surface area (Å²) in [6, 6.07) is 0. The van der Waals surface area contributed by atoms with Gasteiger partial charge >= 0.3 is 0 Å². The molecule has 0 saturated carbocycles. The first-order valence-corrected chi connectivity index (χ1v) is 5.50. The lowest BCUT2D eigenvalue weighted by Gasteiger charge is -2.17. The highest BCUT2D eigenvalue weighted by atomic mass is 16.3. The molecule has 0 fully saturated rings. The molecular formula is C14H18O. The Morgan fingerprint density at radius 2 is 1.93 bits per heavy atom. The van der Waals surface area contributed by atoms with Crippen LogP contribution in [-0.4, -0.2) is 0 Å². The molecule has 0 saturated heterocycles. The van der Waals surface area contributed by atoms with Crippen LogP contribution in [0.15, 0.2) is 28.9 Å². The number of hydrogen-bond acceptors (Lipinski definition) is 1. The predicted molar refractivity (Wildman–Crippen MR) is 64.0 cm³/mol. The van der Waals surface area contributed by atoms with E-state index in [2.05, 4.69) is 52.0 Å². The maximum Gasteiger partial charge on any atom is 0.120 e. The van der Waals surface area contributed by atoms with Crippen LogP contribution in [-0.2, 0) is 5.41 Å². The largest absolute Gasteiger partial charge is 0.467 e. The van der Waals surface area contributed by atoms with Gasteiger partial charge < -0.3 is 4.42 Å². The minimum atomic E-state index is -0.00796. The van der Waals surface area contributed by atoms with Gasteiger partial charge in [0, 0.05) is 16.5 Å². The molecule has 1 aliphatic carbocycles. The van der Waals surface area contributed by atoms with Crippen molar-refractivity contribution in [3.05, 3.63) is 41.4 Å². The van der Waals surface area contributed by atoms with E-state index in [0.717, 1.165) is 5.76 Å². The lowest BCUT2D eigenvalue weighted by atomic mass is 9.86. The van der Waals surface area contributed by atoms with Gasteiger partial charge in [0.25, 0.3) is 0 Å².